The van der Waals surface area contributed by atoms with Gasteiger partial charge in [0.05, 0.1) is 27.0 Å². The van der Waals surface area contributed by atoms with Crippen molar-refractivity contribution in [3.63, 3.8) is 0 Å². The molecule has 0 aromatic heterocycles. The van der Waals surface area contributed by atoms with E-state index in [1.54, 1.807) is 0 Å². The second kappa shape index (κ2) is 13.2. The van der Waals surface area contributed by atoms with Crippen molar-refractivity contribution in [2.24, 2.45) is 0 Å². The van der Waals surface area contributed by atoms with Crippen LogP contribution in [0.1, 0.15) is 44.6 Å². The summed E-state index contributed by atoms with van der Waals surface area (Å²) in [7, 11) is -3.94. The highest BCUT2D eigenvalue weighted by molar-refractivity contribution is 7.92. The fourth-order valence-corrected chi connectivity index (χ4v) is 6.11. The monoisotopic (exact) mass is 587 g/mol. The minimum Gasteiger partial charge on any atom is -0.352 e. The maximum Gasteiger partial charge on any atom is 0.244 e. The Bertz CT molecular complexity index is 1210. The Morgan fingerprint density at radius 1 is 1.03 bits per heavy atom. The van der Waals surface area contributed by atoms with E-state index in [2.05, 4.69) is 5.32 Å². The van der Waals surface area contributed by atoms with Gasteiger partial charge in [0.25, 0.3) is 0 Å². The van der Waals surface area contributed by atoms with Gasteiger partial charge in [0, 0.05) is 12.6 Å². The summed E-state index contributed by atoms with van der Waals surface area (Å²) >= 11 is 18.5. The van der Waals surface area contributed by atoms with Crippen LogP contribution in [-0.2, 0) is 26.0 Å². The molecule has 0 spiro atoms. The van der Waals surface area contributed by atoms with Gasteiger partial charge in [-0.25, -0.2) is 8.42 Å². The normalized spacial score (nSPS) is 14.8. The highest BCUT2D eigenvalue weighted by Crippen LogP contribution is 2.35. The lowest BCUT2D eigenvalue weighted by molar-refractivity contribution is -0.139. The number of nitrogens with one attached hydrogen (secondary N) is 1. The lowest BCUT2D eigenvalue weighted by Gasteiger charge is -2.33. The molecular weight excluding hydrogens is 557 g/mol. The zero-order valence-electron chi connectivity index (χ0n) is 20.9. The van der Waals surface area contributed by atoms with Crippen LogP contribution in [0.4, 0.5) is 5.69 Å². The molecule has 2 aromatic rings. The number of anilines is 1. The van der Waals surface area contributed by atoms with Crippen molar-refractivity contribution in [1.29, 1.82) is 0 Å². The molecule has 0 aliphatic heterocycles. The molecule has 202 valence electrons. The summed E-state index contributed by atoms with van der Waals surface area (Å²) in [6.45, 7) is 1.54. The second-order valence-electron chi connectivity index (χ2n) is 9.22. The number of rotatable bonds is 11. The number of carbonyl (C=O) groups excluding carboxylic acids is 2. The van der Waals surface area contributed by atoms with Crippen LogP contribution in [0.15, 0.2) is 42.5 Å². The Hall–Kier alpha value is -2.00. The van der Waals surface area contributed by atoms with E-state index in [4.69, 9.17) is 34.8 Å². The first-order chi connectivity index (χ1) is 17.5. The number of nitrogens with zero attached hydrogens (tertiary/aromatic N) is 2. The summed E-state index contributed by atoms with van der Waals surface area (Å²) in [5.41, 5.74) is 1.04. The highest BCUT2D eigenvalue weighted by Gasteiger charge is 2.33. The molecule has 0 unspecified atom stereocenters. The molecule has 0 bridgehead atoms. The number of hydrogen-bond acceptors (Lipinski definition) is 4. The zero-order chi connectivity index (χ0) is 27.2. The molecule has 0 saturated heterocycles. The molecule has 0 radical (unpaired) electrons. The fraction of sp³-hybridized carbons (Fsp3) is 0.462. The number of benzene rings is 2. The molecule has 1 aliphatic rings. The van der Waals surface area contributed by atoms with Crippen molar-refractivity contribution in [2.75, 3.05) is 23.7 Å². The molecule has 2 aromatic carbocycles. The van der Waals surface area contributed by atoms with Crippen LogP contribution in [0.2, 0.25) is 15.1 Å². The molecule has 1 N–H and O–H groups in total. The molecule has 0 heterocycles. The quantitative estimate of drug-likeness (QED) is 0.360. The van der Waals surface area contributed by atoms with E-state index in [1.165, 1.54) is 17.0 Å². The van der Waals surface area contributed by atoms with Crippen molar-refractivity contribution in [3.8, 4) is 0 Å². The van der Waals surface area contributed by atoms with E-state index < -0.39 is 28.5 Å². The van der Waals surface area contributed by atoms with Crippen molar-refractivity contribution in [2.45, 2.75) is 57.5 Å². The van der Waals surface area contributed by atoms with Crippen LogP contribution in [0.5, 0.6) is 0 Å². The van der Waals surface area contributed by atoms with Gasteiger partial charge in [0.15, 0.2) is 0 Å². The Morgan fingerprint density at radius 2 is 1.65 bits per heavy atom. The van der Waals surface area contributed by atoms with Gasteiger partial charge in [0.2, 0.25) is 21.8 Å². The van der Waals surface area contributed by atoms with Gasteiger partial charge < -0.3 is 10.2 Å². The SMILES string of the molecule is CC[C@H](C(=O)NC1CCCC1)N(CCc1ccccc1)C(=O)CN(c1cc(Cl)c(Cl)cc1Cl)S(C)(=O)=O. The van der Waals surface area contributed by atoms with Crippen LogP contribution in [0, 0.1) is 0 Å². The molecule has 1 saturated carbocycles. The maximum atomic E-state index is 13.7. The minimum atomic E-state index is -3.94. The molecule has 2 amide bonds. The summed E-state index contributed by atoms with van der Waals surface area (Å²) in [6, 6.07) is 11.6. The number of carbonyl (C=O) groups is 2. The van der Waals surface area contributed by atoms with Crippen LogP contribution < -0.4 is 9.62 Å². The average molecular weight is 589 g/mol. The molecule has 7 nitrogen and oxygen atoms in total. The number of amides is 2. The van der Waals surface area contributed by atoms with Crippen molar-refractivity contribution < 1.29 is 18.0 Å². The fourth-order valence-electron chi connectivity index (χ4n) is 4.56. The maximum absolute atomic E-state index is 13.7. The first-order valence-electron chi connectivity index (χ1n) is 12.3. The molecule has 3 rings (SSSR count). The third-order valence-corrected chi connectivity index (χ3v) is 8.66. The predicted molar refractivity (Wildman–Crippen MR) is 150 cm³/mol. The zero-order valence-corrected chi connectivity index (χ0v) is 24.0. The van der Waals surface area contributed by atoms with Crippen molar-refractivity contribution in [3.05, 3.63) is 63.1 Å². The molecular formula is C26H32Cl3N3O4S. The second-order valence-corrected chi connectivity index (χ2v) is 12.4. The molecule has 1 atom stereocenters. The Labute approximate surface area is 234 Å². The van der Waals surface area contributed by atoms with Gasteiger partial charge >= 0.3 is 0 Å². The summed E-state index contributed by atoms with van der Waals surface area (Å²) in [5, 5.41) is 3.38. The average Bonchev–Trinajstić information content (AvgIpc) is 3.35. The standard InChI is InChI=1S/C26H32Cl3N3O4S/c1-3-23(26(34)30-19-11-7-8-12-19)31(14-13-18-9-5-4-6-10-18)25(33)17-32(37(2,35)36)24-16-21(28)20(27)15-22(24)29/h4-6,9-10,15-16,19,23H,3,7-8,11-14,17H2,1-2H3,(H,30,34)/t23-/m1/s1. The topological polar surface area (TPSA) is 86.8 Å². The van der Waals surface area contributed by atoms with Gasteiger partial charge in [0.1, 0.15) is 12.6 Å². The van der Waals surface area contributed by atoms with E-state index in [1.807, 2.05) is 37.3 Å². The lowest BCUT2D eigenvalue weighted by Crippen LogP contribution is -2.54. The van der Waals surface area contributed by atoms with Crippen LogP contribution in [0.25, 0.3) is 0 Å². The smallest absolute Gasteiger partial charge is 0.244 e. The van der Waals surface area contributed by atoms with Gasteiger partial charge in [-0.15, -0.1) is 0 Å². The summed E-state index contributed by atoms with van der Waals surface area (Å²) in [4.78, 5) is 28.5. The van der Waals surface area contributed by atoms with E-state index >= 15 is 0 Å². The van der Waals surface area contributed by atoms with Gasteiger partial charge in [-0.1, -0.05) is 84.9 Å². The first kappa shape index (κ1) is 29.6. The lowest BCUT2D eigenvalue weighted by atomic mass is 10.1. The van der Waals surface area contributed by atoms with Crippen LogP contribution >= 0.6 is 34.8 Å². The van der Waals surface area contributed by atoms with E-state index in [0.717, 1.165) is 41.8 Å². The van der Waals surface area contributed by atoms with E-state index in [9.17, 15) is 18.0 Å². The number of sulfonamides is 1. The van der Waals surface area contributed by atoms with Crippen LogP contribution in [-0.4, -0.2) is 56.6 Å². The largest absolute Gasteiger partial charge is 0.352 e. The number of halogens is 3. The first-order valence-corrected chi connectivity index (χ1v) is 15.3. The minimum absolute atomic E-state index is 0.0366. The van der Waals surface area contributed by atoms with Crippen LogP contribution in [0.3, 0.4) is 0 Å². The summed E-state index contributed by atoms with van der Waals surface area (Å²) in [5.74, 6) is -0.744. The molecule has 37 heavy (non-hydrogen) atoms. The van der Waals surface area contributed by atoms with E-state index in [0.29, 0.717) is 12.8 Å². The van der Waals surface area contributed by atoms with Gasteiger partial charge in [-0.3, -0.25) is 13.9 Å². The van der Waals surface area contributed by atoms with Crippen molar-refractivity contribution in [1.82, 2.24) is 10.2 Å². The predicted octanol–water partition coefficient (Wildman–Crippen LogP) is 5.32. The third kappa shape index (κ3) is 7.99. The molecule has 1 aliphatic carbocycles. The Balaban J connectivity index is 1.91. The number of hydrogen-bond donors (Lipinski definition) is 1. The van der Waals surface area contributed by atoms with E-state index in [-0.39, 0.29) is 39.2 Å². The van der Waals surface area contributed by atoms with Gasteiger partial charge in [-0.05, 0) is 43.4 Å². The van der Waals surface area contributed by atoms with Crippen molar-refractivity contribution >= 4 is 62.3 Å². The Kier molecular flexibility index (Phi) is 10.5. The Morgan fingerprint density at radius 3 is 2.24 bits per heavy atom. The molecule has 1 fully saturated rings. The highest BCUT2D eigenvalue weighted by atomic mass is 35.5. The summed E-state index contributed by atoms with van der Waals surface area (Å²) in [6.07, 6.45) is 5.82. The molecule has 11 heteroatoms. The van der Waals surface area contributed by atoms with Gasteiger partial charge in [-0.2, -0.15) is 0 Å². The summed E-state index contributed by atoms with van der Waals surface area (Å²) < 4.78 is 26.4. The third-order valence-electron chi connectivity index (χ3n) is 6.51.